The molecular formula is C14H18N2O3. The van der Waals surface area contributed by atoms with Crippen molar-refractivity contribution in [2.75, 3.05) is 0 Å². The molecule has 19 heavy (non-hydrogen) atoms. The van der Waals surface area contributed by atoms with Crippen LogP contribution in [0.25, 0.3) is 10.9 Å². The SMILES string of the molecule is CC.CC(=O)OCc1nc2ccccc2c(=O)n1C. The number of esters is 1. The predicted octanol–water partition coefficient (Wildman–Crippen LogP) is 2.02. The maximum Gasteiger partial charge on any atom is 0.303 e. The summed E-state index contributed by atoms with van der Waals surface area (Å²) in [6.45, 7) is 5.32. The van der Waals surface area contributed by atoms with Gasteiger partial charge in [0.25, 0.3) is 5.56 Å². The highest BCUT2D eigenvalue weighted by molar-refractivity contribution is 5.77. The highest BCUT2D eigenvalue weighted by Crippen LogP contribution is 2.07. The number of rotatable bonds is 2. The molecule has 0 aliphatic heterocycles. The van der Waals surface area contributed by atoms with E-state index in [1.54, 1.807) is 25.2 Å². The van der Waals surface area contributed by atoms with Gasteiger partial charge in [0.05, 0.1) is 10.9 Å². The van der Waals surface area contributed by atoms with Crippen molar-refractivity contribution < 1.29 is 9.53 Å². The van der Waals surface area contributed by atoms with E-state index in [0.717, 1.165) is 0 Å². The number of carbonyl (C=O) groups is 1. The number of aromatic nitrogens is 2. The van der Waals surface area contributed by atoms with Crippen molar-refractivity contribution >= 4 is 16.9 Å². The molecule has 1 heterocycles. The first kappa shape index (κ1) is 14.9. The van der Waals surface area contributed by atoms with Crippen molar-refractivity contribution in [1.29, 1.82) is 0 Å². The number of nitrogens with zero attached hydrogens (tertiary/aromatic N) is 2. The highest BCUT2D eigenvalue weighted by atomic mass is 16.5. The second-order valence-electron chi connectivity index (χ2n) is 3.69. The summed E-state index contributed by atoms with van der Waals surface area (Å²) in [7, 11) is 1.61. The van der Waals surface area contributed by atoms with Gasteiger partial charge in [-0.15, -0.1) is 0 Å². The lowest BCUT2D eigenvalue weighted by atomic mass is 10.2. The van der Waals surface area contributed by atoms with Crippen molar-refractivity contribution in [1.82, 2.24) is 9.55 Å². The molecule has 5 heteroatoms. The Labute approximate surface area is 111 Å². The molecular weight excluding hydrogens is 244 g/mol. The summed E-state index contributed by atoms with van der Waals surface area (Å²) in [5.74, 6) is 0.0382. The van der Waals surface area contributed by atoms with E-state index in [9.17, 15) is 9.59 Å². The van der Waals surface area contributed by atoms with E-state index in [1.165, 1.54) is 11.5 Å². The smallest absolute Gasteiger partial charge is 0.303 e. The Morgan fingerprint density at radius 1 is 1.32 bits per heavy atom. The molecule has 0 saturated heterocycles. The average molecular weight is 262 g/mol. The fourth-order valence-electron chi connectivity index (χ4n) is 1.56. The van der Waals surface area contributed by atoms with Crippen molar-refractivity contribution in [2.45, 2.75) is 27.4 Å². The van der Waals surface area contributed by atoms with E-state index < -0.39 is 5.97 Å². The Morgan fingerprint density at radius 3 is 2.58 bits per heavy atom. The van der Waals surface area contributed by atoms with Crippen LogP contribution in [0.5, 0.6) is 0 Å². The van der Waals surface area contributed by atoms with Crippen LogP contribution in [0.2, 0.25) is 0 Å². The number of ether oxygens (including phenoxy) is 1. The molecule has 0 saturated carbocycles. The monoisotopic (exact) mass is 262 g/mol. The zero-order chi connectivity index (χ0) is 14.4. The third kappa shape index (κ3) is 3.40. The summed E-state index contributed by atoms with van der Waals surface area (Å²) in [6, 6.07) is 7.08. The first-order valence-electron chi connectivity index (χ1n) is 6.17. The maximum atomic E-state index is 12.0. The molecule has 1 aromatic carbocycles. The van der Waals surface area contributed by atoms with Gasteiger partial charge in [0.2, 0.25) is 0 Å². The minimum absolute atomic E-state index is 0.00586. The molecule has 0 atom stereocenters. The predicted molar refractivity (Wildman–Crippen MR) is 73.8 cm³/mol. The Morgan fingerprint density at radius 2 is 1.95 bits per heavy atom. The van der Waals surface area contributed by atoms with Crippen molar-refractivity contribution in [3.8, 4) is 0 Å². The first-order valence-corrected chi connectivity index (χ1v) is 6.17. The second kappa shape index (κ2) is 6.68. The Bertz CT molecular complexity index is 632. The van der Waals surface area contributed by atoms with Crippen LogP contribution in [0.15, 0.2) is 29.1 Å². The summed E-state index contributed by atoms with van der Waals surface area (Å²) in [4.78, 5) is 27.0. The van der Waals surface area contributed by atoms with Gasteiger partial charge in [0, 0.05) is 14.0 Å². The van der Waals surface area contributed by atoms with Gasteiger partial charge in [0.15, 0.2) is 0 Å². The van der Waals surface area contributed by atoms with Gasteiger partial charge in [0.1, 0.15) is 12.4 Å². The van der Waals surface area contributed by atoms with Crippen molar-refractivity contribution in [2.24, 2.45) is 7.05 Å². The van der Waals surface area contributed by atoms with Crippen LogP contribution in [0.4, 0.5) is 0 Å². The number of hydrogen-bond acceptors (Lipinski definition) is 4. The molecule has 0 radical (unpaired) electrons. The van der Waals surface area contributed by atoms with Gasteiger partial charge >= 0.3 is 5.97 Å². The quantitative estimate of drug-likeness (QED) is 0.777. The average Bonchev–Trinajstić information content (AvgIpc) is 2.43. The zero-order valence-corrected chi connectivity index (χ0v) is 11.6. The minimum Gasteiger partial charge on any atom is -0.458 e. The summed E-state index contributed by atoms with van der Waals surface area (Å²) in [5, 5.41) is 0.557. The molecule has 0 spiro atoms. The molecule has 5 nitrogen and oxygen atoms in total. The lowest BCUT2D eigenvalue weighted by Crippen LogP contribution is -2.23. The largest absolute Gasteiger partial charge is 0.458 e. The minimum atomic E-state index is -0.396. The van der Waals surface area contributed by atoms with Gasteiger partial charge in [-0.2, -0.15) is 0 Å². The normalized spacial score (nSPS) is 9.68. The fourth-order valence-corrected chi connectivity index (χ4v) is 1.56. The van der Waals surface area contributed by atoms with E-state index in [1.807, 2.05) is 19.9 Å². The van der Waals surface area contributed by atoms with Crippen LogP contribution in [0.1, 0.15) is 26.6 Å². The van der Waals surface area contributed by atoms with Crippen LogP contribution < -0.4 is 5.56 Å². The number of carbonyl (C=O) groups excluding carboxylic acids is 1. The standard InChI is InChI=1S/C12H12N2O3.C2H6/c1-8(15)17-7-11-13-10-6-4-3-5-9(10)12(16)14(11)2;1-2/h3-6H,7H2,1-2H3;1-2H3. The Kier molecular flexibility index (Phi) is 5.23. The summed E-state index contributed by atoms with van der Waals surface area (Å²) >= 11 is 0. The fraction of sp³-hybridized carbons (Fsp3) is 0.357. The molecule has 0 aliphatic carbocycles. The molecule has 0 N–H and O–H groups in total. The second-order valence-corrected chi connectivity index (χ2v) is 3.69. The van der Waals surface area contributed by atoms with Gasteiger partial charge in [-0.25, -0.2) is 4.98 Å². The summed E-state index contributed by atoms with van der Waals surface area (Å²) in [5.41, 5.74) is 0.468. The molecule has 102 valence electrons. The summed E-state index contributed by atoms with van der Waals surface area (Å²) < 4.78 is 6.25. The molecule has 2 aromatic rings. The number of hydrogen-bond donors (Lipinski definition) is 0. The molecule has 0 unspecified atom stereocenters. The molecule has 0 fully saturated rings. The van der Waals surface area contributed by atoms with E-state index in [4.69, 9.17) is 4.74 Å². The third-order valence-corrected chi connectivity index (χ3v) is 2.48. The van der Waals surface area contributed by atoms with E-state index in [0.29, 0.717) is 16.7 Å². The molecule has 0 bridgehead atoms. The van der Waals surface area contributed by atoms with E-state index >= 15 is 0 Å². The van der Waals surface area contributed by atoms with Crippen molar-refractivity contribution in [3.05, 3.63) is 40.4 Å². The van der Waals surface area contributed by atoms with Gasteiger partial charge in [-0.3, -0.25) is 14.2 Å². The molecule has 1 aromatic heterocycles. The number of fused-ring (bicyclic) bond motifs is 1. The molecule has 2 rings (SSSR count). The van der Waals surface area contributed by atoms with Crippen molar-refractivity contribution in [3.63, 3.8) is 0 Å². The first-order chi connectivity index (χ1) is 9.09. The number of para-hydroxylation sites is 1. The summed E-state index contributed by atoms with van der Waals surface area (Å²) in [6.07, 6.45) is 0. The Balaban J connectivity index is 0.000000861. The van der Waals surface area contributed by atoms with Gasteiger partial charge in [-0.05, 0) is 12.1 Å². The lowest BCUT2D eigenvalue weighted by Gasteiger charge is -2.08. The van der Waals surface area contributed by atoms with Crippen LogP contribution in [-0.4, -0.2) is 15.5 Å². The van der Waals surface area contributed by atoms with Crippen LogP contribution in [0.3, 0.4) is 0 Å². The van der Waals surface area contributed by atoms with Crippen LogP contribution in [0, 0.1) is 0 Å². The maximum absolute atomic E-state index is 12.0. The molecule has 0 amide bonds. The highest BCUT2D eigenvalue weighted by Gasteiger charge is 2.08. The lowest BCUT2D eigenvalue weighted by molar-refractivity contribution is -0.142. The van der Waals surface area contributed by atoms with E-state index in [-0.39, 0.29) is 12.2 Å². The van der Waals surface area contributed by atoms with Gasteiger partial charge < -0.3 is 4.74 Å². The van der Waals surface area contributed by atoms with E-state index in [2.05, 4.69) is 4.98 Å². The van der Waals surface area contributed by atoms with Gasteiger partial charge in [-0.1, -0.05) is 26.0 Å². The Hall–Kier alpha value is -2.17. The number of benzene rings is 1. The zero-order valence-electron chi connectivity index (χ0n) is 11.6. The van der Waals surface area contributed by atoms with Crippen LogP contribution >= 0.6 is 0 Å². The topological polar surface area (TPSA) is 61.2 Å². The van der Waals surface area contributed by atoms with Crippen LogP contribution in [-0.2, 0) is 23.2 Å². The third-order valence-electron chi connectivity index (χ3n) is 2.48. The molecule has 0 aliphatic rings.